The minimum absolute atomic E-state index is 0.00435. The number of carbonyl (C=O) groups excluding carboxylic acids is 1. The van der Waals surface area contributed by atoms with E-state index in [-0.39, 0.29) is 23.5 Å². The van der Waals surface area contributed by atoms with E-state index >= 15 is 0 Å². The molecule has 0 bridgehead atoms. The predicted molar refractivity (Wildman–Crippen MR) is 75.3 cm³/mol. The molecule has 0 N–H and O–H groups in total. The van der Waals surface area contributed by atoms with Gasteiger partial charge in [-0.2, -0.15) is 0 Å². The topological polar surface area (TPSA) is 72.7 Å². The lowest BCUT2D eigenvalue weighted by molar-refractivity contribution is -0.384. The van der Waals surface area contributed by atoms with Gasteiger partial charge in [0, 0.05) is 17.9 Å². The van der Waals surface area contributed by atoms with Crippen LogP contribution in [0.15, 0.2) is 18.2 Å². The van der Waals surface area contributed by atoms with E-state index in [0.29, 0.717) is 5.33 Å². The Bertz CT molecular complexity index is 528. The van der Waals surface area contributed by atoms with Crippen molar-refractivity contribution in [1.29, 1.82) is 0 Å². The lowest BCUT2D eigenvalue weighted by atomic mass is 10.1. The Balaban J connectivity index is 3.11. The van der Waals surface area contributed by atoms with Crippen LogP contribution in [0.1, 0.15) is 10.4 Å². The zero-order valence-corrected chi connectivity index (χ0v) is 12.7. The molecule has 1 rings (SSSR count). The summed E-state index contributed by atoms with van der Waals surface area (Å²) < 4.78 is 30.0. The lowest BCUT2D eigenvalue weighted by Crippen LogP contribution is -2.36. The Morgan fingerprint density at radius 2 is 2.19 bits per heavy atom. The maximum Gasteiger partial charge on any atom is 0.273 e. The summed E-state index contributed by atoms with van der Waals surface area (Å²) in [5, 5.41) is 11.0. The van der Waals surface area contributed by atoms with Gasteiger partial charge in [0.1, 0.15) is 5.75 Å². The molecule has 0 saturated carbocycles. The Morgan fingerprint density at radius 3 is 2.67 bits per heavy atom. The normalized spacial score (nSPS) is 10.5. The lowest BCUT2D eigenvalue weighted by Gasteiger charge is -2.22. The van der Waals surface area contributed by atoms with Crippen molar-refractivity contribution in [2.24, 2.45) is 0 Å². The molecule has 1 aromatic carbocycles. The summed E-state index contributed by atoms with van der Waals surface area (Å²) in [7, 11) is 1.25. The fourth-order valence-corrected chi connectivity index (χ4v) is 2.11. The van der Waals surface area contributed by atoms with Crippen LogP contribution in [0.25, 0.3) is 0 Å². The van der Waals surface area contributed by atoms with Crippen LogP contribution in [0.5, 0.6) is 5.75 Å². The van der Waals surface area contributed by atoms with Crippen LogP contribution < -0.4 is 4.74 Å². The molecule has 116 valence electrons. The third kappa shape index (κ3) is 4.62. The first-order valence-electron chi connectivity index (χ1n) is 5.86. The van der Waals surface area contributed by atoms with Crippen LogP contribution in [0.4, 0.5) is 14.5 Å². The molecule has 0 fully saturated rings. The Hall–Kier alpha value is -1.77. The van der Waals surface area contributed by atoms with Crippen LogP contribution in [0.2, 0.25) is 0 Å². The molecule has 1 amide bonds. The zero-order valence-electron chi connectivity index (χ0n) is 11.1. The molecule has 0 radical (unpaired) electrons. The van der Waals surface area contributed by atoms with Crippen molar-refractivity contribution < 1.29 is 23.2 Å². The molecule has 0 aliphatic heterocycles. The zero-order chi connectivity index (χ0) is 16.0. The number of nitro groups is 1. The van der Waals surface area contributed by atoms with E-state index in [1.807, 2.05) is 0 Å². The van der Waals surface area contributed by atoms with Gasteiger partial charge in [-0.25, -0.2) is 8.78 Å². The third-order valence-electron chi connectivity index (χ3n) is 2.63. The summed E-state index contributed by atoms with van der Waals surface area (Å²) in [5.74, 6) is -0.690. The SMILES string of the molecule is COc1cc([N+](=O)[O-])ccc1C(=O)N(CCBr)CC(F)F. The Labute approximate surface area is 128 Å². The van der Waals surface area contributed by atoms with Crippen LogP contribution in [-0.2, 0) is 0 Å². The number of methoxy groups -OCH3 is 1. The highest BCUT2D eigenvalue weighted by atomic mass is 79.9. The summed E-state index contributed by atoms with van der Waals surface area (Å²) in [6.45, 7) is -0.631. The van der Waals surface area contributed by atoms with E-state index in [2.05, 4.69) is 15.9 Å². The van der Waals surface area contributed by atoms with Crippen molar-refractivity contribution in [2.75, 3.05) is 25.5 Å². The van der Waals surface area contributed by atoms with Gasteiger partial charge >= 0.3 is 0 Å². The molecule has 1 aromatic rings. The molecule has 0 aliphatic carbocycles. The largest absolute Gasteiger partial charge is 0.496 e. The number of hydrogen-bond acceptors (Lipinski definition) is 4. The minimum atomic E-state index is -2.67. The van der Waals surface area contributed by atoms with Gasteiger partial charge in [-0.15, -0.1) is 0 Å². The fraction of sp³-hybridized carbons (Fsp3) is 0.417. The second-order valence-corrected chi connectivity index (χ2v) is 4.77. The van der Waals surface area contributed by atoms with E-state index in [1.165, 1.54) is 13.2 Å². The summed E-state index contributed by atoms with van der Waals surface area (Å²) >= 11 is 3.09. The van der Waals surface area contributed by atoms with E-state index in [9.17, 15) is 23.7 Å². The van der Waals surface area contributed by atoms with Gasteiger partial charge in [-0.1, -0.05) is 15.9 Å². The Kier molecular flexibility index (Phi) is 6.47. The number of rotatable bonds is 7. The van der Waals surface area contributed by atoms with Crippen LogP contribution in [0.3, 0.4) is 0 Å². The van der Waals surface area contributed by atoms with Crippen molar-refractivity contribution in [2.45, 2.75) is 6.43 Å². The number of amides is 1. The molecule has 0 aliphatic rings. The first-order chi connectivity index (χ1) is 9.90. The number of nitro benzene ring substituents is 1. The number of nitrogens with zero attached hydrogens (tertiary/aromatic N) is 2. The van der Waals surface area contributed by atoms with Crippen molar-refractivity contribution in [3.63, 3.8) is 0 Å². The molecule has 0 heterocycles. The predicted octanol–water partition coefficient (Wildman–Crippen LogP) is 2.71. The molecule has 21 heavy (non-hydrogen) atoms. The first kappa shape index (κ1) is 17.3. The van der Waals surface area contributed by atoms with E-state index in [0.717, 1.165) is 17.0 Å². The number of non-ortho nitro benzene ring substituents is 1. The van der Waals surface area contributed by atoms with E-state index in [1.54, 1.807) is 0 Å². The van der Waals surface area contributed by atoms with Crippen LogP contribution in [-0.4, -0.2) is 47.7 Å². The molecule has 0 aromatic heterocycles. The van der Waals surface area contributed by atoms with Gasteiger partial charge in [0.15, 0.2) is 0 Å². The van der Waals surface area contributed by atoms with Crippen molar-refractivity contribution >= 4 is 27.5 Å². The van der Waals surface area contributed by atoms with Crippen molar-refractivity contribution in [3.05, 3.63) is 33.9 Å². The molecule has 0 atom stereocenters. The molecular formula is C12H13BrF2N2O4. The molecule has 9 heteroatoms. The molecule has 6 nitrogen and oxygen atoms in total. The monoisotopic (exact) mass is 366 g/mol. The maximum atomic E-state index is 12.5. The van der Waals surface area contributed by atoms with E-state index < -0.39 is 23.8 Å². The van der Waals surface area contributed by atoms with Crippen LogP contribution >= 0.6 is 15.9 Å². The number of benzene rings is 1. The summed E-state index contributed by atoms with van der Waals surface area (Å²) in [4.78, 5) is 23.3. The highest BCUT2D eigenvalue weighted by Crippen LogP contribution is 2.26. The van der Waals surface area contributed by atoms with Gasteiger partial charge in [0.2, 0.25) is 0 Å². The average Bonchev–Trinajstić information content (AvgIpc) is 2.44. The maximum absolute atomic E-state index is 12.5. The summed E-state index contributed by atoms with van der Waals surface area (Å²) in [5.41, 5.74) is -0.242. The van der Waals surface area contributed by atoms with Gasteiger partial charge in [0.25, 0.3) is 18.0 Å². The number of halogens is 3. The van der Waals surface area contributed by atoms with Gasteiger partial charge in [-0.05, 0) is 6.07 Å². The molecule has 0 saturated heterocycles. The minimum Gasteiger partial charge on any atom is -0.496 e. The molecule has 0 unspecified atom stereocenters. The second kappa shape index (κ2) is 7.87. The van der Waals surface area contributed by atoms with Crippen molar-refractivity contribution in [3.8, 4) is 5.75 Å². The van der Waals surface area contributed by atoms with E-state index in [4.69, 9.17) is 4.74 Å². The second-order valence-electron chi connectivity index (χ2n) is 3.97. The smallest absolute Gasteiger partial charge is 0.273 e. The highest BCUT2D eigenvalue weighted by Gasteiger charge is 2.23. The fourth-order valence-electron chi connectivity index (χ4n) is 1.68. The third-order valence-corrected chi connectivity index (χ3v) is 2.98. The molecule has 0 spiro atoms. The number of carbonyl (C=O) groups is 1. The quantitative estimate of drug-likeness (QED) is 0.422. The van der Waals surface area contributed by atoms with Crippen LogP contribution in [0, 0.1) is 10.1 Å². The standard InChI is InChI=1S/C12H13BrF2N2O4/c1-21-10-6-8(17(19)20)2-3-9(10)12(18)16(5-4-13)7-11(14)15/h2-3,6,11H,4-5,7H2,1H3. The van der Waals surface area contributed by atoms with Gasteiger partial charge < -0.3 is 9.64 Å². The average molecular weight is 367 g/mol. The van der Waals surface area contributed by atoms with Gasteiger partial charge in [-0.3, -0.25) is 14.9 Å². The summed E-state index contributed by atoms with van der Waals surface area (Å²) in [6, 6.07) is 3.42. The highest BCUT2D eigenvalue weighted by molar-refractivity contribution is 9.09. The van der Waals surface area contributed by atoms with Crippen molar-refractivity contribution in [1.82, 2.24) is 4.90 Å². The Morgan fingerprint density at radius 1 is 1.52 bits per heavy atom. The molecular weight excluding hydrogens is 354 g/mol. The van der Waals surface area contributed by atoms with Gasteiger partial charge in [0.05, 0.1) is 30.2 Å². The number of alkyl halides is 3. The summed E-state index contributed by atoms with van der Waals surface area (Å²) in [6.07, 6.45) is -2.67. The first-order valence-corrected chi connectivity index (χ1v) is 6.98. The number of ether oxygens (including phenoxy) is 1. The number of hydrogen-bond donors (Lipinski definition) is 0.